The maximum atomic E-state index is 12.4. The molecule has 23 heavy (non-hydrogen) atoms. The number of amides is 3. The summed E-state index contributed by atoms with van der Waals surface area (Å²) in [7, 11) is 3.48. The van der Waals surface area contributed by atoms with Crippen LogP contribution in [-0.2, 0) is 14.3 Å². The van der Waals surface area contributed by atoms with E-state index in [2.05, 4.69) is 0 Å². The van der Waals surface area contributed by atoms with Gasteiger partial charge < -0.3 is 24.2 Å². The second-order valence-electron chi connectivity index (χ2n) is 6.45. The highest BCUT2D eigenvalue weighted by molar-refractivity contribution is 5.81. The van der Waals surface area contributed by atoms with Crippen LogP contribution in [0.1, 0.15) is 26.2 Å². The Labute approximate surface area is 138 Å². The molecule has 0 saturated carbocycles. The minimum absolute atomic E-state index is 0.00207. The minimum Gasteiger partial charge on any atom is -0.376 e. The van der Waals surface area contributed by atoms with Crippen LogP contribution in [-0.4, -0.2) is 92.3 Å². The fourth-order valence-electron chi connectivity index (χ4n) is 2.92. The molecule has 0 aromatic rings. The van der Waals surface area contributed by atoms with Gasteiger partial charge in [-0.05, 0) is 26.2 Å². The van der Waals surface area contributed by atoms with Crippen LogP contribution in [0, 0.1) is 0 Å². The fourth-order valence-corrected chi connectivity index (χ4v) is 2.92. The van der Waals surface area contributed by atoms with E-state index in [-0.39, 0.29) is 18.0 Å². The Hall–Kier alpha value is -1.34. The lowest BCUT2D eigenvalue weighted by molar-refractivity contribution is -0.147. The van der Waals surface area contributed by atoms with Gasteiger partial charge in [0.05, 0.1) is 12.7 Å². The summed E-state index contributed by atoms with van der Waals surface area (Å²) < 4.78 is 11.3. The van der Waals surface area contributed by atoms with Gasteiger partial charge >= 0.3 is 6.03 Å². The zero-order valence-electron chi connectivity index (χ0n) is 14.5. The molecule has 0 radical (unpaired) electrons. The molecule has 2 aliphatic heterocycles. The molecule has 2 rings (SSSR count). The van der Waals surface area contributed by atoms with Crippen molar-refractivity contribution in [2.24, 2.45) is 0 Å². The number of carbonyl (C=O) groups excluding carboxylic acids is 2. The van der Waals surface area contributed by atoms with Gasteiger partial charge in [0.15, 0.2) is 0 Å². The first-order chi connectivity index (χ1) is 11.0. The van der Waals surface area contributed by atoms with Crippen LogP contribution < -0.4 is 0 Å². The summed E-state index contributed by atoms with van der Waals surface area (Å²) >= 11 is 0. The van der Waals surface area contributed by atoms with Crippen molar-refractivity contribution in [2.75, 3.05) is 53.5 Å². The Morgan fingerprint density at radius 1 is 1.17 bits per heavy atom. The second-order valence-corrected chi connectivity index (χ2v) is 6.45. The predicted octanol–water partition coefficient (Wildman–Crippen LogP) is 0.786. The first-order valence-electron chi connectivity index (χ1n) is 8.47. The third-order valence-corrected chi connectivity index (χ3v) is 4.40. The summed E-state index contributed by atoms with van der Waals surface area (Å²) in [6.45, 7) is 5.33. The third-order valence-electron chi connectivity index (χ3n) is 4.40. The average molecular weight is 327 g/mol. The summed E-state index contributed by atoms with van der Waals surface area (Å²) in [4.78, 5) is 29.4. The zero-order valence-corrected chi connectivity index (χ0v) is 14.5. The van der Waals surface area contributed by atoms with E-state index in [9.17, 15) is 9.59 Å². The number of nitrogens with zero attached hydrogens (tertiary/aromatic N) is 3. The molecule has 2 aliphatic rings. The Balaban J connectivity index is 1.72. The second kappa shape index (κ2) is 8.49. The van der Waals surface area contributed by atoms with Crippen molar-refractivity contribution in [3.63, 3.8) is 0 Å². The number of ether oxygens (including phenoxy) is 2. The number of carbonyl (C=O) groups is 2. The molecular weight excluding hydrogens is 298 g/mol. The van der Waals surface area contributed by atoms with Crippen LogP contribution in [0.25, 0.3) is 0 Å². The van der Waals surface area contributed by atoms with Gasteiger partial charge in [0.25, 0.3) is 5.91 Å². The standard InChI is InChI=1S/C16H29N3O4/c1-13(23-12-14-6-4-5-11-22-14)15(20)18-7-9-19(10-8-18)16(21)17(2)3/h13-14H,4-12H2,1-3H3. The van der Waals surface area contributed by atoms with E-state index < -0.39 is 6.10 Å². The SMILES string of the molecule is CC(OCC1CCCCO1)C(=O)N1CCN(C(=O)N(C)C)CC1. The molecule has 0 aliphatic carbocycles. The zero-order chi connectivity index (χ0) is 16.8. The Kier molecular flexibility index (Phi) is 6.65. The van der Waals surface area contributed by atoms with Crippen LogP contribution in [0.3, 0.4) is 0 Å². The Morgan fingerprint density at radius 2 is 1.83 bits per heavy atom. The van der Waals surface area contributed by atoms with Crippen LogP contribution in [0.15, 0.2) is 0 Å². The van der Waals surface area contributed by atoms with Gasteiger partial charge in [0, 0.05) is 46.9 Å². The van der Waals surface area contributed by atoms with Crippen LogP contribution >= 0.6 is 0 Å². The van der Waals surface area contributed by atoms with Gasteiger partial charge in [0.2, 0.25) is 0 Å². The molecule has 0 spiro atoms. The molecule has 0 N–H and O–H groups in total. The van der Waals surface area contributed by atoms with E-state index in [0.717, 1.165) is 25.9 Å². The number of hydrogen-bond donors (Lipinski definition) is 0. The number of piperazine rings is 1. The predicted molar refractivity (Wildman–Crippen MR) is 86.2 cm³/mol. The van der Waals surface area contributed by atoms with E-state index in [1.54, 1.807) is 35.7 Å². The molecule has 2 saturated heterocycles. The van der Waals surface area contributed by atoms with E-state index in [1.165, 1.54) is 0 Å². The highest BCUT2D eigenvalue weighted by atomic mass is 16.5. The maximum absolute atomic E-state index is 12.4. The topological polar surface area (TPSA) is 62.3 Å². The van der Waals surface area contributed by atoms with E-state index in [1.807, 2.05) is 0 Å². The molecule has 132 valence electrons. The number of hydrogen-bond acceptors (Lipinski definition) is 4. The molecule has 2 unspecified atom stereocenters. The average Bonchev–Trinajstić information content (AvgIpc) is 2.59. The van der Waals surface area contributed by atoms with Crippen molar-refractivity contribution in [3.8, 4) is 0 Å². The molecule has 3 amide bonds. The molecule has 0 bridgehead atoms. The van der Waals surface area contributed by atoms with Crippen molar-refractivity contribution in [1.29, 1.82) is 0 Å². The smallest absolute Gasteiger partial charge is 0.319 e. The summed E-state index contributed by atoms with van der Waals surface area (Å²) in [6, 6.07) is -0.00385. The highest BCUT2D eigenvalue weighted by Gasteiger charge is 2.28. The number of rotatable bonds is 4. The molecule has 2 fully saturated rings. The highest BCUT2D eigenvalue weighted by Crippen LogP contribution is 2.14. The first-order valence-corrected chi connectivity index (χ1v) is 8.47. The van der Waals surface area contributed by atoms with Gasteiger partial charge in [-0.15, -0.1) is 0 Å². The van der Waals surface area contributed by atoms with E-state index >= 15 is 0 Å². The molecule has 0 aromatic carbocycles. The molecule has 2 atom stereocenters. The van der Waals surface area contributed by atoms with Crippen molar-refractivity contribution in [1.82, 2.24) is 14.7 Å². The molecular formula is C16H29N3O4. The molecule has 7 heteroatoms. The number of urea groups is 1. The molecule has 0 aromatic heterocycles. The van der Waals surface area contributed by atoms with E-state index in [4.69, 9.17) is 9.47 Å². The summed E-state index contributed by atoms with van der Waals surface area (Å²) in [5.74, 6) is -0.00207. The maximum Gasteiger partial charge on any atom is 0.319 e. The van der Waals surface area contributed by atoms with Gasteiger partial charge in [-0.25, -0.2) is 4.79 Å². The Morgan fingerprint density at radius 3 is 2.39 bits per heavy atom. The minimum atomic E-state index is -0.461. The summed E-state index contributed by atoms with van der Waals surface area (Å²) in [5, 5.41) is 0. The third kappa shape index (κ3) is 5.07. The van der Waals surface area contributed by atoms with Gasteiger partial charge in [-0.2, -0.15) is 0 Å². The summed E-state index contributed by atoms with van der Waals surface area (Å²) in [6.07, 6.45) is 2.94. The summed E-state index contributed by atoms with van der Waals surface area (Å²) in [5.41, 5.74) is 0. The lowest BCUT2D eigenvalue weighted by Gasteiger charge is -2.37. The first kappa shape index (κ1) is 18.0. The largest absolute Gasteiger partial charge is 0.376 e. The van der Waals surface area contributed by atoms with Crippen molar-refractivity contribution >= 4 is 11.9 Å². The Bertz CT molecular complexity index is 402. The molecule has 7 nitrogen and oxygen atoms in total. The van der Waals surface area contributed by atoms with Gasteiger partial charge in [-0.3, -0.25) is 4.79 Å². The van der Waals surface area contributed by atoms with Gasteiger partial charge in [-0.1, -0.05) is 0 Å². The van der Waals surface area contributed by atoms with Crippen molar-refractivity contribution in [2.45, 2.75) is 38.4 Å². The van der Waals surface area contributed by atoms with Crippen molar-refractivity contribution < 1.29 is 19.1 Å². The van der Waals surface area contributed by atoms with Gasteiger partial charge in [0.1, 0.15) is 6.10 Å². The molecule has 2 heterocycles. The quantitative estimate of drug-likeness (QED) is 0.766. The van der Waals surface area contributed by atoms with Crippen LogP contribution in [0.5, 0.6) is 0 Å². The lowest BCUT2D eigenvalue weighted by atomic mass is 10.1. The van der Waals surface area contributed by atoms with Crippen LogP contribution in [0.4, 0.5) is 4.79 Å². The monoisotopic (exact) mass is 327 g/mol. The normalized spacial score (nSPS) is 23.5. The van der Waals surface area contributed by atoms with Crippen molar-refractivity contribution in [3.05, 3.63) is 0 Å². The van der Waals surface area contributed by atoms with Crippen LogP contribution in [0.2, 0.25) is 0 Å². The lowest BCUT2D eigenvalue weighted by Crippen LogP contribution is -2.54. The van der Waals surface area contributed by atoms with E-state index in [0.29, 0.717) is 32.8 Å². The fraction of sp³-hybridized carbons (Fsp3) is 0.875.